The molecule has 1 fully saturated rings. The van der Waals surface area contributed by atoms with Gasteiger partial charge in [-0.25, -0.2) is 0 Å². The first-order chi connectivity index (χ1) is 6.29. The summed E-state index contributed by atoms with van der Waals surface area (Å²) in [5, 5.41) is 0. The van der Waals surface area contributed by atoms with Gasteiger partial charge in [0, 0.05) is 12.1 Å². The first kappa shape index (κ1) is 11.0. The van der Waals surface area contributed by atoms with Gasteiger partial charge in [0.15, 0.2) is 0 Å². The minimum absolute atomic E-state index is 0.408. The van der Waals surface area contributed by atoms with Crippen molar-refractivity contribution in [3.05, 3.63) is 0 Å². The molecule has 0 aromatic heterocycles. The van der Waals surface area contributed by atoms with E-state index in [4.69, 9.17) is 5.73 Å². The normalized spacial score (nSPS) is 27.5. The van der Waals surface area contributed by atoms with Crippen molar-refractivity contribution in [3.8, 4) is 0 Å². The Labute approximate surface area is 82.5 Å². The lowest BCUT2D eigenvalue weighted by atomic mass is 9.93. The van der Waals surface area contributed by atoms with Gasteiger partial charge in [-0.15, -0.1) is 0 Å². The number of piperidine rings is 1. The smallest absolute Gasteiger partial charge is 0.0247 e. The fraction of sp³-hybridized carbons (Fsp3) is 1.00. The van der Waals surface area contributed by atoms with Crippen molar-refractivity contribution < 1.29 is 0 Å². The lowest BCUT2D eigenvalue weighted by Gasteiger charge is -2.38. The molecule has 0 aromatic rings. The number of rotatable bonds is 4. The molecule has 13 heavy (non-hydrogen) atoms. The molecule has 1 aliphatic heterocycles. The van der Waals surface area contributed by atoms with Crippen molar-refractivity contribution in [1.29, 1.82) is 0 Å². The van der Waals surface area contributed by atoms with Crippen molar-refractivity contribution in [2.75, 3.05) is 13.1 Å². The van der Waals surface area contributed by atoms with Gasteiger partial charge in [0.25, 0.3) is 0 Å². The zero-order chi connectivity index (χ0) is 9.68. The third-order valence-electron chi connectivity index (χ3n) is 3.19. The largest absolute Gasteiger partial charge is 0.326 e. The lowest BCUT2D eigenvalue weighted by molar-refractivity contribution is 0.130. The molecule has 1 saturated heterocycles. The van der Waals surface area contributed by atoms with Crippen LogP contribution in [0.3, 0.4) is 0 Å². The topological polar surface area (TPSA) is 29.3 Å². The molecule has 0 aromatic carbocycles. The first-order valence-corrected chi connectivity index (χ1v) is 5.79. The average molecular weight is 184 g/mol. The van der Waals surface area contributed by atoms with Crippen LogP contribution in [0.25, 0.3) is 0 Å². The van der Waals surface area contributed by atoms with E-state index in [1.54, 1.807) is 0 Å². The predicted octanol–water partition coefficient (Wildman–Crippen LogP) is 1.99. The molecule has 0 bridgehead atoms. The van der Waals surface area contributed by atoms with E-state index in [0.29, 0.717) is 12.1 Å². The van der Waals surface area contributed by atoms with Crippen LogP contribution >= 0.6 is 0 Å². The molecule has 0 saturated carbocycles. The summed E-state index contributed by atoms with van der Waals surface area (Å²) in [6, 6.07) is 1.07. The average Bonchev–Trinajstić information content (AvgIpc) is 2.18. The maximum Gasteiger partial charge on any atom is 0.0247 e. The molecule has 2 heteroatoms. The number of hydrogen-bond donors (Lipinski definition) is 1. The summed E-state index contributed by atoms with van der Waals surface area (Å²) in [7, 11) is 0. The van der Waals surface area contributed by atoms with Crippen LogP contribution in [0.4, 0.5) is 0 Å². The maximum atomic E-state index is 6.18. The summed E-state index contributed by atoms with van der Waals surface area (Å²) >= 11 is 0. The van der Waals surface area contributed by atoms with Crippen LogP contribution < -0.4 is 5.73 Å². The molecule has 1 rings (SSSR count). The third-order valence-corrected chi connectivity index (χ3v) is 3.19. The molecule has 2 N–H and O–H groups in total. The Bertz CT molecular complexity index is 136. The van der Waals surface area contributed by atoms with Crippen LogP contribution in [0.5, 0.6) is 0 Å². The van der Waals surface area contributed by atoms with Gasteiger partial charge in [0.1, 0.15) is 0 Å². The molecule has 0 aliphatic carbocycles. The van der Waals surface area contributed by atoms with E-state index in [9.17, 15) is 0 Å². The van der Waals surface area contributed by atoms with Crippen LogP contribution in [0, 0.1) is 0 Å². The van der Waals surface area contributed by atoms with Crippen molar-refractivity contribution in [2.24, 2.45) is 5.73 Å². The predicted molar refractivity (Wildman–Crippen MR) is 57.8 cm³/mol. The summed E-state index contributed by atoms with van der Waals surface area (Å²) in [6.07, 6.45) is 6.45. The number of nitrogens with zero attached hydrogens (tertiary/aromatic N) is 1. The van der Waals surface area contributed by atoms with Gasteiger partial charge in [-0.3, -0.25) is 4.90 Å². The molecule has 0 radical (unpaired) electrons. The Morgan fingerprint density at radius 2 is 2.15 bits per heavy atom. The molecule has 2 unspecified atom stereocenters. The van der Waals surface area contributed by atoms with Crippen LogP contribution in [0.1, 0.15) is 46.0 Å². The lowest BCUT2D eigenvalue weighted by Crippen LogP contribution is -2.50. The Hall–Kier alpha value is -0.0800. The van der Waals surface area contributed by atoms with E-state index in [1.807, 2.05) is 0 Å². The van der Waals surface area contributed by atoms with E-state index in [1.165, 1.54) is 45.2 Å². The van der Waals surface area contributed by atoms with Crippen LogP contribution in [0.2, 0.25) is 0 Å². The van der Waals surface area contributed by atoms with Gasteiger partial charge in [0.05, 0.1) is 0 Å². The Balaban J connectivity index is 2.43. The molecule has 1 aliphatic rings. The molecule has 78 valence electrons. The molecule has 2 atom stereocenters. The quantitative estimate of drug-likeness (QED) is 0.724. The molecule has 0 amide bonds. The van der Waals surface area contributed by atoms with Crippen molar-refractivity contribution in [1.82, 2.24) is 4.90 Å². The van der Waals surface area contributed by atoms with Crippen LogP contribution in [-0.4, -0.2) is 30.1 Å². The molecular formula is C11H24N2. The van der Waals surface area contributed by atoms with Crippen molar-refractivity contribution in [2.45, 2.75) is 58.0 Å². The Morgan fingerprint density at radius 3 is 2.77 bits per heavy atom. The highest BCUT2D eigenvalue weighted by molar-refractivity contribution is 4.84. The molecule has 1 heterocycles. The summed E-state index contributed by atoms with van der Waals surface area (Å²) in [4.78, 5) is 2.56. The van der Waals surface area contributed by atoms with Crippen molar-refractivity contribution >= 4 is 0 Å². The fourth-order valence-corrected chi connectivity index (χ4v) is 2.42. The summed E-state index contributed by atoms with van der Waals surface area (Å²) in [6.45, 7) is 6.90. The van der Waals surface area contributed by atoms with E-state index in [-0.39, 0.29) is 0 Å². The van der Waals surface area contributed by atoms with E-state index in [2.05, 4.69) is 18.7 Å². The van der Waals surface area contributed by atoms with Gasteiger partial charge in [0.2, 0.25) is 0 Å². The third kappa shape index (κ3) is 2.96. The molecular weight excluding hydrogens is 160 g/mol. The van der Waals surface area contributed by atoms with Gasteiger partial charge < -0.3 is 5.73 Å². The zero-order valence-corrected chi connectivity index (χ0v) is 9.13. The highest BCUT2D eigenvalue weighted by atomic mass is 15.2. The summed E-state index contributed by atoms with van der Waals surface area (Å²) in [5.74, 6) is 0. The number of likely N-dealkylation sites (N-methyl/N-ethyl adjacent to an activating group) is 1. The van der Waals surface area contributed by atoms with Crippen LogP contribution in [0.15, 0.2) is 0 Å². The fourth-order valence-electron chi connectivity index (χ4n) is 2.42. The highest BCUT2D eigenvalue weighted by Gasteiger charge is 2.25. The van der Waals surface area contributed by atoms with Crippen LogP contribution in [-0.2, 0) is 0 Å². The van der Waals surface area contributed by atoms with E-state index >= 15 is 0 Å². The second-order valence-corrected chi connectivity index (χ2v) is 4.14. The zero-order valence-electron chi connectivity index (χ0n) is 9.13. The second-order valence-electron chi connectivity index (χ2n) is 4.14. The molecule has 0 spiro atoms. The maximum absolute atomic E-state index is 6.18. The Morgan fingerprint density at radius 1 is 1.38 bits per heavy atom. The van der Waals surface area contributed by atoms with Gasteiger partial charge >= 0.3 is 0 Å². The minimum Gasteiger partial charge on any atom is -0.326 e. The van der Waals surface area contributed by atoms with Crippen molar-refractivity contribution in [3.63, 3.8) is 0 Å². The number of likely N-dealkylation sites (tertiary alicyclic amines) is 1. The number of nitrogens with two attached hydrogens (primary N) is 1. The van der Waals surface area contributed by atoms with Gasteiger partial charge in [-0.1, -0.05) is 26.7 Å². The monoisotopic (exact) mass is 184 g/mol. The van der Waals surface area contributed by atoms with E-state index in [0.717, 1.165) is 0 Å². The summed E-state index contributed by atoms with van der Waals surface area (Å²) < 4.78 is 0. The minimum atomic E-state index is 0.408. The SMILES string of the molecule is CCCC(N)C1CCCCN1CC. The summed E-state index contributed by atoms with van der Waals surface area (Å²) in [5.41, 5.74) is 6.18. The molecule has 2 nitrogen and oxygen atoms in total. The second kappa shape index (κ2) is 5.61. The highest BCUT2D eigenvalue weighted by Crippen LogP contribution is 2.20. The standard InChI is InChI=1S/C11H24N2/c1-3-7-10(12)11-8-5-6-9-13(11)4-2/h10-11H,3-9,12H2,1-2H3. The first-order valence-electron chi connectivity index (χ1n) is 5.79. The van der Waals surface area contributed by atoms with Gasteiger partial charge in [-0.2, -0.15) is 0 Å². The Kier molecular flexibility index (Phi) is 4.74. The van der Waals surface area contributed by atoms with E-state index < -0.39 is 0 Å². The number of hydrogen-bond acceptors (Lipinski definition) is 2. The van der Waals surface area contributed by atoms with Gasteiger partial charge in [-0.05, 0) is 32.4 Å².